The first-order valence-corrected chi connectivity index (χ1v) is 11.4. The lowest BCUT2D eigenvalue weighted by Gasteiger charge is -2.31. The van der Waals surface area contributed by atoms with Crippen LogP contribution in [0.3, 0.4) is 0 Å². The Kier molecular flexibility index (Phi) is 6.79. The summed E-state index contributed by atoms with van der Waals surface area (Å²) >= 11 is 0. The molecule has 29 heavy (non-hydrogen) atoms. The van der Waals surface area contributed by atoms with E-state index in [0.717, 1.165) is 5.56 Å². The standard InChI is InChI=1S/C21H33N3O4S/c1-20(2,3)16-7-9-17(10-8-16)29(27,28)23-12-11-22-19(26)15-13-18(25)24(14-15)21(4,5)6/h7-10,15,23H,11-14H2,1-6H3,(H,22,26). The van der Waals surface area contributed by atoms with Crippen molar-refractivity contribution in [1.29, 1.82) is 0 Å². The highest BCUT2D eigenvalue weighted by Gasteiger charge is 2.39. The summed E-state index contributed by atoms with van der Waals surface area (Å²) in [4.78, 5) is 26.3. The Morgan fingerprint density at radius 2 is 1.66 bits per heavy atom. The molecule has 0 aromatic heterocycles. The predicted octanol–water partition coefficient (Wildman–Crippen LogP) is 2.03. The molecule has 1 aliphatic rings. The van der Waals surface area contributed by atoms with Crippen LogP contribution in [-0.2, 0) is 25.0 Å². The summed E-state index contributed by atoms with van der Waals surface area (Å²) in [7, 11) is -3.64. The largest absolute Gasteiger partial charge is 0.354 e. The lowest BCUT2D eigenvalue weighted by atomic mass is 9.87. The van der Waals surface area contributed by atoms with Crippen molar-refractivity contribution in [2.45, 2.75) is 63.8 Å². The molecule has 1 aliphatic heterocycles. The number of likely N-dealkylation sites (tertiary alicyclic amines) is 1. The fourth-order valence-corrected chi connectivity index (χ4v) is 4.30. The van der Waals surface area contributed by atoms with Gasteiger partial charge in [-0.1, -0.05) is 32.9 Å². The number of nitrogens with one attached hydrogen (secondary N) is 2. The Hall–Kier alpha value is -1.93. The highest BCUT2D eigenvalue weighted by atomic mass is 32.2. The highest BCUT2D eigenvalue weighted by molar-refractivity contribution is 7.89. The van der Waals surface area contributed by atoms with E-state index < -0.39 is 15.9 Å². The molecule has 0 aliphatic carbocycles. The Morgan fingerprint density at radius 3 is 2.14 bits per heavy atom. The molecule has 1 unspecified atom stereocenters. The number of carbonyl (C=O) groups excluding carboxylic acids is 2. The summed E-state index contributed by atoms with van der Waals surface area (Å²) in [5, 5.41) is 2.73. The number of rotatable bonds is 6. The second-order valence-electron chi connectivity index (χ2n) is 9.54. The van der Waals surface area contributed by atoms with Crippen LogP contribution in [0.1, 0.15) is 53.5 Å². The number of nitrogens with zero attached hydrogens (tertiary/aromatic N) is 1. The van der Waals surface area contributed by atoms with Crippen molar-refractivity contribution in [2.24, 2.45) is 5.92 Å². The fourth-order valence-electron chi connectivity index (χ4n) is 3.26. The van der Waals surface area contributed by atoms with E-state index in [4.69, 9.17) is 0 Å². The number of benzene rings is 1. The van der Waals surface area contributed by atoms with Crippen molar-refractivity contribution >= 4 is 21.8 Å². The molecule has 2 amide bonds. The summed E-state index contributed by atoms with van der Waals surface area (Å²) in [6.45, 7) is 12.6. The van der Waals surface area contributed by atoms with Gasteiger partial charge in [0, 0.05) is 31.6 Å². The van der Waals surface area contributed by atoms with Crippen LogP contribution in [-0.4, -0.2) is 50.3 Å². The van der Waals surface area contributed by atoms with Crippen LogP contribution in [0.2, 0.25) is 0 Å². The highest BCUT2D eigenvalue weighted by Crippen LogP contribution is 2.26. The van der Waals surface area contributed by atoms with Gasteiger partial charge in [0.1, 0.15) is 0 Å². The molecule has 1 fully saturated rings. The van der Waals surface area contributed by atoms with Crippen LogP contribution in [0.5, 0.6) is 0 Å². The average molecular weight is 424 g/mol. The van der Waals surface area contributed by atoms with E-state index in [1.807, 2.05) is 32.9 Å². The average Bonchev–Trinajstić information content (AvgIpc) is 3.00. The first-order valence-electron chi connectivity index (χ1n) is 9.90. The minimum absolute atomic E-state index is 0.0305. The van der Waals surface area contributed by atoms with Gasteiger partial charge in [0.05, 0.1) is 10.8 Å². The van der Waals surface area contributed by atoms with Gasteiger partial charge in [0.2, 0.25) is 21.8 Å². The third-order valence-electron chi connectivity index (χ3n) is 5.05. The van der Waals surface area contributed by atoms with Crippen LogP contribution < -0.4 is 10.0 Å². The molecule has 0 saturated carbocycles. The molecule has 1 aromatic rings. The van der Waals surface area contributed by atoms with Crippen molar-refractivity contribution in [3.05, 3.63) is 29.8 Å². The van der Waals surface area contributed by atoms with Gasteiger partial charge in [-0.25, -0.2) is 13.1 Å². The molecule has 0 bridgehead atoms. The summed E-state index contributed by atoms with van der Waals surface area (Å²) < 4.78 is 27.3. The van der Waals surface area contributed by atoms with E-state index in [-0.39, 0.29) is 47.2 Å². The summed E-state index contributed by atoms with van der Waals surface area (Å²) in [6.07, 6.45) is 0.189. The van der Waals surface area contributed by atoms with Gasteiger partial charge in [-0.2, -0.15) is 0 Å². The lowest BCUT2D eigenvalue weighted by molar-refractivity contribution is -0.132. The van der Waals surface area contributed by atoms with Gasteiger partial charge in [-0.3, -0.25) is 9.59 Å². The summed E-state index contributed by atoms with van der Waals surface area (Å²) in [5.41, 5.74) is 0.688. The molecule has 1 atom stereocenters. The third kappa shape index (κ3) is 6.02. The van der Waals surface area contributed by atoms with Crippen LogP contribution in [0, 0.1) is 5.92 Å². The van der Waals surface area contributed by atoms with E-state index in [2.05, 4.69) is 30.8 Å². The van der Waals surface area contributed by atoms with Gasteiger partial charge in [-0.15, -0.1) is 0 Å². The molecule has 8 heteroatoms. The maximum Gasteiger partial charge on any atom is 0.240 e. The zero-order valence-corrected chi connectivity index (χ0v) is 19.0. The predicted molar refractivity (Wildman–Crippen MR) is 113 cm³/mol. The molecule has 2 rings (SSSR count). The summed E-state index contributed by atoms with van der Waals surface area (Å²) in [6, 6.07) is 6.81. The van der Waals surface area contributed by atoms with Gasteiger partial charge in [-0.05, 0) is 43.9 Å². The Balaban J connectivity index is 1.84. The Labute approximate surface area is 174 Å². The van der Waals surface area contributed by atoms with E-state index in [0.29, 0.717) is 6.54 Å². The smallest absolute Gasteiger partial charge is 0.240 e. The molecular formula is C21H33N3O4S. The number of sulfonamides is 1. The third-order valence-corrected chi connectivity index (χ3v) is 6.53. The fraction of sp³-hybridized carbons (Fsp3) is 0.619. The maximum atomic E-state index is 12.4. The second-order valence-corrected chi connectivity index (χ2v) is 11.3. The van der Waals surface area contributed by atoms with E-state index >= 15 is 0 Å². The molecule has 7 nitrogen and oxygen atoms in total. The minimum atomic E-state index is -3.64. The Bertz CT molecular complexity index is 849. The number of hydrogen-bond acceptors (Lipinski definition) is 4. The SMILES string of the molecule is CC(C)(C)c1ccc(S(=O)(=O)NCCNC(=O)C2CC(=O)N(C(C)(C)C)C2)cc1. The van der Waals surface area contributed by atoms with Gasteiger partial charge in [0.15, 0.2) is 0 Å². The van der Waals surface area contributed by atoms with Crippen LogP contribution >= 0.6 is 0 Å². The molecule has 0 spiro atoms. The first kappa shape index (κ1) is 23.3. The van der Waals surface area contributed by atoms with Crippen LogP contribution in [0.25, 0.3) is 0 Å². The summed E-state index contributed by atoms with van der Waals surface area (Å²) in [5.74, 6) is -0.654. The molecule has 1 aromatic carbocycles. The first-order chi connectivity index (χ1) is 13.2. The maximum absolute atomic E-state index is 12.4. The number of hydrogen-bond donors (Lipinski definition) is 2. The van der Waals surface area contributed by atoms with Crippen molar-refractivity contribution in [3.63, 3.8) is 0 Å². The molecule has 2 N–H and O–H groups in total. The Morgan fingerprint density at radius 1 is 1.07 bits per heavy atom. The van der Waals surface area contributed by atoms with Crippen molar-refractivity contribution in [2.75, 3.05) is 19.6 Å². The lowest BCUT2D eigenvalue weighted by Crippen LogP contribution is -2.43. The zero-order chi connectivity index (χ0) is 22.0. The monoisotopic (exact) mass is 423 g/mol. The van der Waals surface area contributed by atoms with Crippen molar-refractivity contribution in [3.8, 4) is 0 Å². The van der Waals surface area contributed by atoms with Crippen LogP contribution in [0.15, 0.2) is 29.2 Å². The second kappa shape index (κ2) is 8.44. The van der Waals surface area contributed by atoms with Gasteiger partial charge in [0.25, 0.3) is 0 Å². The van der Waals surface area contributed by atoms with Crippen LogP contribution in [0.4, 0.5) is 0 Å². The van der Waals surface area contributed by atoms with Crippen molar-refractivity contribution < 1.29 is 18.0 Å². The number of carbonyl (C=O) groups is 2. The quantitative estimate of drug-likeness (QED) is 0.685. The van der Waals surface area contributed by atoms with E-state index in [1.54, 1.807) is 17.0 Å². The molecule has 1 heterocycles. The molecule has 162 valence electrons. The normalized spacial score (nSPS) is 18.2. The molecular weight excluding hydrogens is 390 g/mol. The van der Waals surface area contributed by atoms with E-state index in [9.17, 15) is 18.0 Å². The minimum Gasteiger partial charge on any atom is -0.354 e. The molecule has 1 saturated heterocycles. The molecule has 0 radical (unpaired) electrons. The van der Waals surface area contributed by atoms with E-state index in [1.165, 1.54) is 0 Å². The number of amides is 2. The van der Waals surface area contributed by atoms with Gasteiger partial charge < -0.3 is 10.2 Å². The van der Waals surface area contributed by atoms with Gasteiger partial charge >= 0.3 is 0 Å². The zero-order valence-electron chi connectivity index (χ0n) is 18.2. The van der Waals surface area contributed by atoms with Crippen molar-refractivity contribution in [1.82, 2.24) is 14.9 Å². The topological polar surface area (TPSA) is 95.6 Å².